The number of carbonyl (C=O) groups excluding carboxylic acids is 1. The number of benzene rings is 1. The molecule has 0 aliphatic heterocycles. The average molecular weight is 438 g/mol. The summed E-state index contributed by atoms with van der Waals surface area (Å²) in [6.07, 6.45) is 0. The van der Waals surface area contributed by atoms with E-state index in [0.717, 1.165) is 9.18 Å². The molecule has 0 bridgehead atoms. The minimum atomic E-state index is -3.59. The lowest BCUT2D eigenvalue weighted by molar-refractivity contribution is -0.113. The molecule has 11 heteroatoms. The quantitative estimate of drug-likeness (QED) is 0.550. The number of carbonyl (C=O) groups is 1. The normalized spacial score (nSPS) is 11.7. The van der Waals surface area contributed by atoms with Gasteiger partial charge in [0.05, 0.1) is 15.5 Å². The van der Waals surface area contributed by atoms with Crippen molar-refractivity contribution in [2.24, 2.45) is 0 Å². The van der Waals surface area contributed by atoms with Gasteiger partial charge < -0.3 is 5.32 Å². The number of sulfonamides is 1. The summed E-state index contributed by atoms with van der Waals surface area (Å²) in [5, 5.41) is 12.1. The molecule has 3 aromatic rings. The Hall–Kier alpha value is -2.21. The van der Waals surface area contributed by atoms with Gasteiger partial charge in [0, 0.05) is 19.8 Å². The Kier molecular flexibility index (Phi) is 6.18. The Labute approximate surface area is 171 Å². The van der Waals surface area contributed by atoms with Crippen LogP contribution in [0.15, 0.2) is 45.8 Å². The van der Waals surface area contributed by atoms with Crippen molar-refractivity contribution in [3.63, 3.8) is 0 Å². The molecule has 2 aromatic heterocycles. The summed E-state index contributed by atoms with van der Waals surface area (Å²) in [6.45, 7) is 1.71. The molecule has 1 amide bonds. The first kappa shape index (κ1) is 20.5. The molecule has 0 saturated heterocycles. The highest BCUT2D eigenvalue weighted by atomic mass is 32.2. The number of aryl methyl sites for hydroxylation is 1. The third-order valence-electron chi connectivity index (χ3n) is 3.78. The summed E-state index contributed by atoms with van der Waals surface area (Å²) >= 11 is 2.74. The zero-order valence-corrected chi connectivity index (χ0v) is 17.9. The molecule has 0 atom stereocenters. The summed E-state index contributed by atoms with van der Waals surface area (Å²) in [4.78, 5) is 17.7. The van der Waals surface area contributed by atoms with Gasteiger partial charge in [-0.2, -0.15) is 0 Å². The maximum atomic E-state index is 12.4. The molecule has 2 heterocycles. The molecule has 2 N–H and O–H groups in total. The number of nitrogens with zero attached hydrogens (tertiary/aromatic N) is 3. The van der Waals surface area contributed by atoms with Crippen molar-refractivity contribution >= 4 is 44.7 Å². The highest BCUT2D eigenvalue weighted by molar-refractivity contribution is 7.99. The van der Waals surface area contributed by atoms with E-state index < -0.39 is 10.0 Å². The van der Waals surface area contributed by atoms with Crippen LogP contribution in [0.5, 0.6) is 0 Å². The van der Waals surface area contributed by atoms with Crippen LogP contribution in [0.25, 0.3) is 10.7 Å². The van der Waals surface area contributed by atoms with Gasteiger partial charge in [0.2, 0.25) is 21.1 Å². The van der Waals surface area contributed by atoms with Crippen LogP contribution in [0.1, 0.15) is 5.56 Å². The molecule has 0 aliphatic rings. The Balaban J connectivity index is 1.64. The van der Waals surface area contributed by atoms with E-state index in [1.807, 2.05) is 17.5 Å². The number of nitrogens with one attached hydrogen (secondary N) is 2. The Morgan fingerprint density at radius 2 is 2.11 bits per heavy atom. The maximum absolute atomic E-state index is 12.4. The van der Waals surface area contributed by atoms with Crippen molar-refractivity contribution in [2.45, 2.75) is 17.0 Å². The van der Waals surface area contributed by atoms with Gasteiger partial charge in [-0.3, -0.25) is 9.89 Å². The molecular weight excluding hydrogens is 418 g/mol. The van der Waals surface area contributed by atoms with Crippen molar-refractivity contribution in [1.29, 1.82) is 0 Å². The van der Waals surface area contributed by atoms with Crippen LogP contribution < -0.4 is 5.32 Å². The molecule has 1 aromatic carbocycles. The number of amides is 1. The van der Waals surface area contributed by atoms with Gasteiger partial charge in [-0.05, 0) is 36.1 Å². The van der Waals surface area contributed by atoms with Gasteiger partial charge in [0.1, 0.15) is 0 Å². The van der Waals surface area contributed by atoms with Crippen LogP contribution in [-0.2, 0) is 14.8 Å². The first-order valence-corrected chi connectivity index (χ1v) is 11.5. The molecule has 0 fully saturated rings. The van der Waals surface area contributed by atoms with Crippen molar-refractivity contribution in [3.8, 4) is 10.7 Å². The van der Waals surface area contributed by atoms with Crippen LogP contribution >= 0.6 is 23.1 Å². The van der Waals surface area contributed by atoms with Gasteiger partial charge >= 0.3 is 0 Å². The topological polar surface area (TPSA) is 108 Å². The van der Waals surface area contributed by atoms with E-state index >= 15 is 0 Å². The smallest absolute Gasteiger partial charge is 0.242 e. The number of H-pyrrole nitrogens is 1. The SMILES string of the molecule is Cc1ccc(NC(=O)CSc2n[nH]c(-c3cccs3)n2)cc1S(=O)(=O)N(C)C. The fourth-order valence-corrected chi connectivity index (χ4v) is 4.72. The second-order valence-corrected chi connectivity index (χ2v) is 10.1. The summed E-state index contributed by atoms with van der Waals surface area (Å²) in [5.41, 5.74) is 1.04. The highest BCUT2D eigenvalue weighted by Gasteiger charge is 2.20. The van der Waals surface area contributed by atoms with Crippen LogP contribution in [0.3, 0.4) is 0 Å². The fraction of sp³-hybridized carbons (Fsp3) is 0.235. The van der Waals surface area contributed by atoms with Crippen molar-refractivity contribution in [1.82, 2.24) is 19.5 Å². The van der Waals surface area contributed by atoms with Crippen molar-refractivity contribution in [3.05, 3.63) is 41.3 Å². The summed E-state index contributed by atoms with van der Waals surface area (Å²) in [5.74, 6) is 0.491. The molecule has 8 nitrogen and oxygen atoms in total. The van der Waals surface area contributed by atoms with E-state index in [1.54, 1.807) is 30.4 Å². The number of thiophene rings is 1. The third kappa shape index (κ3) is 4.61. The van der Waals surface area contributed by atoms with E-state index in [4.69, 9.17) is 0 Å². The minimum absolute atomic E-state index is 0.103. The van der Waals surface area contributed by atoms with Gasteiger partial charge in [-0.25, -0.2) is 17.7 Å². The standard InChI is InChI=1S/C17H19N5O3S3/c1-11-6-7-12(9-14(11)28(24,25)22(2)3)18-15(23)10-27-17-19-16(20-21-17)13-5-4-8-26-13/h4-9H,10H2,1-3H3,(H,18,23)(H,19,20,21). The second-order valence-electron chi connectivity index (χ2n) is 6.05. The minimum Gasteiger partial charge on any atom is -0.325 e. The molecule has 0 saturated carbocycles. The first-order valence-electron chi connectivity index (χ1n) is 8.19. The molecule has 0 aliphatic carbocycles. The molecule has 0 spiro atoms. The van der Waals surface area contributed by atoms with Crippen LogP contribution in [-0.4, -0.2) is 53.7 Å². The van der Waals surface area contributed by atoms with E-state index in [-0.39, 0.29) is 16.6 Å². The zero-order valence-electron chi connectivity index (χ0n) is 15.5. The lowest BCUT2D eigenvalue weighted by atomic mass is 10.2. The van der Waals surface area contributed by atoms with Gasteiger partial charge in [-0.15, -0.1) is 16.4 Å². The predicted octanol–water partition coefficient (Wildman–Crippen LogP) is 2.82. The number of rotatable bonds is 7. The van der Waals surface area contributed by atoms with Crippen LogP contribution in [0.2, 0.25) is 0 Å². The number of thioether (sulfide) groups is 1. The van der Waals surface area contributed by atoms with Gasteiger partial charge in [0.15, 0.2) is 5.82 Å². The van der Waals surface area contributed by atoms with Crippen molar-refractivity contribution < 1.29 is 13.2 Å². The number of anilines is 1. The van der Waals surface area contributed by atoms with Gasteiger partial charge in [0.25, 0.3) is 0 Å². The molecule has 0 unspecified atom stereocenters. The van der Waals surface area contributed by atoms with E-state index in [2.05, 4.69) is 20.5 Å². The maximum Gasteiger partial charge on any atom is 0.242 e. The second kappa shape index (κ2) is 8.43. The largest absolute Gasteiger partial charge is 0.325 e. The first-order chi connectivity index (χ1) is 13.3. The lowest BCUT2D eigenvalue weighted by Crippen LogP contribution is -2.23. The molecule has 28 heavy (non-hydrogen) atoms. The Morgan fingerprint density at radius 3 is 2.79 bits per heavy atom. The molecule has 148 valence electrons. The molecule has 3 rings (SSSR count). The van der Waals surface area contributed by atoms with E-state index in [1.165, 1.54) is 31.9 Å². The Bertz CT molecular complexity index is 1080. The Morgan fingerprint density at radius 1 is 1.32 bits per heavy atom. The highest BCUT2D eigenvalue weighted by Crippen LogP contribution is 2.24. The number of aromatic amines is 1. The monoisotopic (exact) mass is 437 g/mol. The lowest BCUT2D eigenvalue weighted by Gasteiger charge is -2.15. The third-order valence-corrected chi connectivity index (χ3v) is 7.46. The van der Waals surface area contributed by atoms with Crippen LogP contribution in [0.4, 0.5) is 5.69 Å². The molecule has 0 radical (unpaired) electrons. The molecular formula is C17H19N5O3S3. The predicted molar refractivity (Wildman–Crippen MR) is 111 cm³/mol. The number of aromatic nitrogens is 3. The fourth-order valence-electron chi connectivity index (χ4n) is 2.31. The summed E-state index contributed by atoms with van der Waals surface area (Å²) < 4.78 is 25.9. The van der Waals surface area contributed by atoms with Crippen LogP contribution in [0, 0.1) is 6.92 Å². The summed E-state index contributed by atoms with van der Waals surface area (Å²) in [7, 11) is -0.646. The average Bonchev–Trinajstić information content (AvgIpc) is 3.32. The number of hydrogen-bond donors (Lipinski definition) is 2. The number of hydrogen-bond acceptors (Lipinski definition) is 7. The van der Waals surface area contributed by atoms with E-state index in [9.17, 15) is 13.2 Å². The van der Waals surface area contributed by atoms with E-state index in [0.29, 0.717) is 22.2 Å². The van der Waals surface area contributed by atoms with Gasteiger partial charge in [-0.1, -0.05) is 23.9 Å². The zero-order chi connectivity index (χ0) is 20.3. The summed E-state index contributed by atoms with van der Waals surface area (Å²) in [6, 6.07) is 8.67. The van der Waals surface area contributed by atoms with Crippen molar-refractivity contribution in [2.75, 3.05) is 25.2 Å².